The molecule has 4 aromatic rings. The number of rotatable bonds is 4. The molecule has 0 radical (unpaired) electrons. The molecule has 0 spiro atoms. The Morgan fingerprint density at radius 3 is 2.42 bits per heavy atom. The van der Waals surface area contributed by atoms with E-state index in [0.717, 1.165) is 27.6 Å². The fraction of sp³-hybridized carbons (Fsp3) is 0.0800. The Morgan fingerprint density at radius 2 is 1.65 bits per heavy atom. The third-order valence-corrected chi connectivity index (χ3v) is 5.27. The van der Waals surface area contributed by atoms with Gasteiger partial charge in [0, 0.05) is 41.0 Å². The van der Waals surface area contributed by atoms with Crippen molar-refractivity contribution < 1.29 is 9.59 Å². The lowest BCUT2D eigenvalue weighted by molar-refractivity contribution is -0.114. The normalized spacial score (nSPS) is 10.7. The molecule has 0 saturated carbocycles. The number of aryl methyl sites for hydroxylation is 1. The minimum absolute atomic E-state index is 0.160. The number of aromatic nitrogens is 1. The molecule has 2 N–H and O–H groups in total. The average molecular weight is 430 g/mol. The van der Waals surface area contributed by atoms with Gasteiger partial charge in [-0.3, -0.25) is 14.6 Å². The van der Waals surface area contributed by atoms with Crippen LogP contribution in [0.1, 0.15) is 22.8 Å². The molecule has 0 saturated heterocycles. The standard InChI is InChI=1S/C25H20ClN3O2/c1-15-13-18(28-16(2)30)7-9-20(15)25(31)29-19-8-10-23(26)22(14-19)24-21-6-4-3-5-17(21)11-12-27-24/h3-14H,1-2H3,(H,28,30)(H,29,31). The number of pyridine rings is 1. The Bertz CT molecular complexity index is 1310. The second-order valence-corrected chi connectivity index (χ2v) is 7.65. The van der Waals surface area contributed by atoms with E-state index in [-0.39, 0.29) is 11.8 Å². The molecule has 0 fully saturated rings. The summed E-state index contributed by atoms with van der Waals surface area (Å²) in [5.41, 5.74) is 4.05. The summed E-state index contributed by atoms with van der Waals surface area (Å²) < 4.78 is 0. The molecular formula is C25H20ClN3O2. The number of fused-ring (bicyclic) bond motifs is 1. The maximum absolute atomic E-state index is 12.9. The average Bonchev–Trinajstić information content (AvgIpc) is 2.74. The maximum Gasteiger partial charge on any atom is 0.255 e. The molecule has 2 amide bonds. The summed E-state index contributed by atoms with van der Waals surface area (Å²) in [7, 11) is 0. The first kappa shape index (κ1) is 20.6. The summed E-state index contributed by atoms with van der Waals surface area (Å²) >= 11 is 6.48. The van der Waals surface area contributed by atoms with Gasteiger partial charge >= 0.3 is 0 Å². The van der Waals surface area contributed by atoms with Gasteiger partial charge in [0.25, 0.3) is 5.91 Å². The maximum atomic E-state index is 12.9. The van der Waals surface area contributed by atoms with Gasteiger partial charge in [0.05, 0.1) is 10.7 Å². The molecule has 154 valence electrons. The lowest BCUT2D eigenvalue weighted by atomic mass is 10.0. The molecule has 4 rings (SSSR count). The number of carbonyl (C=O) groups is 2. The van der Waals surface area contributed by atoms with Gasteiger partial charge in [0.15, 0.2) is 0 Å². The summed E-state index contributed by atoms with van der Waals surface area (Å²) in [4.78, 5) is 28.6. The monoisotopic (exact) mass is 429 g/mol. The van der Waals surface area contributed by atoms with Crippen molar-refractivity contribution in [1.29, 1.82) is 0 Å². The fourth-order valence-corrected chi connectivity index (χ4v) is 3.72. The Hall–Kier alpha value is -3.70. The van der Waals surface area contributed by atoms with Crippen molar-refractivity contribution in [1.82, 2.24) is 4.98 Å². The van der Waals surface area contributed by atoms with Gasteiger partial charge in [0.2, 0.25) is 5.91 Å². The van der Waals surface area contributed by atoms with E-state index in [1.807, 2.05) is 43.3 Å². The van der Waals surface area contributed by atoms with Gasteiger partial charge in [-0.1, -0.05) is 35.9 Å². The molecule has 0 atom stereocenters. The van der Waals surface area contributed by atoms with Gasteiger partial charge in [-0.15, -0.1) is 0 Å². The van der Waals surface area contributed by atoms with Gasteiger partial charge in [0.1, 0.15) is 0 Å². The minimum atomic E-state index is -0.244. The van der Waals surface area contributed by atoms with E-state index < -0.39 is 0 Å². The van der Waals surface area contributed by atoms with E-state index >= 15 is 0 Å². The molecule has 0 aliphatic heterocycles. The summed E-state index contributed by atoms with van der Waals surface area (Å²) in [5, 5.41) is 8.25. The molecule has 0 bridgehead atoms. The number of amides is 2. The van der Waals surface area contributed by atoms with Crippen LogP contribution in [0.5, 0.6) is 0 Å². The summed E-state index contributed by atoms with van der Waals surface area (Å²) in [6.45, 7) is 3.27. The van der Waals surface area contributed by atoms with E-state index in [4.69, 9.17) is 11.6 Å². The molecule has 6 heteroatoms. The smallest absolute Gasteiger partial charge is 0.255 e. The number of halogens is 1. The SMILES string of the molecule is CC(=O)Nc1ccc(C(=O)Nc2ccc(Cl)c(-c3nccc4ccccc34)c2)c(C)c1. The van der Waals surface area contributed by atoms with Crippen LogP contribution in [-0.2, 0) is 4.79 Å². The third-order valence-electron chi connectivity index (χ3n) is 4.94. The van der Waals surface area contributed by atoms with E-state index in [1.165, 1.54) is 6.92 Å². The van der Waals surface area contributed by atoms with Crippen molar-refractivity contribution in [2.45, 2.75) is 13.8 Å². The number of carbonyl (C=O) groups excluding carboxylic acids is 2. The zero-order chi connectivity index (χ0) is 22.0. The van der Waals surface area contributed by atoms with Crippen molar-refractivity contribution in [2.75, 3.05) is 10.6 Å². The van der Waals surface area contributed by atoms with Crippen molar-refractivity contribution in [2.24, 2.45) is 0 Å². The first-order valence-corrected chi connectivity index (χ1v) is 10.1. The Balaban J connectivity index is 1.65. The second-order valence-electron chi connectivity index (χ2n) is 7.24. The molecule has 0 aliphatic carbocycles. The van der Waals surface area contributed by atoms with E-state index in [9.17, 15) is 9.59 Å². The van der Waals surface area contributed by atoms with E-state index in [2.05, 4.69) is 15.6 Å². The number of benzene rings is 3. The largest absolute Gasteiger partial charge is 0.326 e. The van der Waals surface area contributed by atoms with E-state index in [0.29, 0.717) is 22.0 Å². The van der Waals surface area contributed by atoms with Crippen LogP contribution in [-0.4, -0.2) is 16.8 Å². The van der Waals surface area contributed by atoms with Crippen molar-refractivity contribution in [3.63, 3.8) is 0 Å². The molecule has 0 aliphatic rings. The molecule has 5 nitrogen and oxygen atoms in total. The van der Waals surface area contributed by atoms with Gasteiger partial charge < -0.3 is 10.6 Å². The van der Waals surface area contributed by atoms with Crippen LogP contribution in [0.4, 0.5) is 11.4 Å². The number of anilines is 2. The van der Waals surface area contributed by atoms with Crippen LogP contribution in [0.15, 0.2) is 72.9 Å². The first-order chi connectivity index (χ1) is 14.9. The van der Waals surface area contributed by atoms with Crippen LogP contribution in [0.2, 0.25) is 5.02 Å². The zero-order valence-corrected chi connectivity index (χ0v) is 17.8. The van der Waals surface area contributed by atoms with Crippen LogP contribution in [0.3, 0.4) is 0 Å². The molecule has 1 heterocycles. The van der Waals surface area contributed by atoms with Crippen LogP contribution < -0.4 is 10.6 Å². The number of nitrogens with one attached hydrogen (secondary N) is 2. The predicted molar refractivity (Wildman–Crippen MR) is 126 cm³/mol. The Labute approximate surface area is 185 Å². The van der Waals surface area contributed by atoms with Crippen molar-refractivity contribution >= 4 is 45.6 Å². The zero-order valence-electron chi connectivity index (χ0n) is 17.1. The molecule has 0 unspecified atom stereocenters. The number of hydrogen-bond acceptors (Lipinski definition) is 3. The van der Waals surface area contributed by atoms with Crippen LogP contribution in [0.25, 0.3) is 22.0 Å². The topological polar surface area (TPSA) is 71.1 Å². The Kier molecular flexibility index (Phi) is 5.69. The van der Waals surface area contributed by atoms with Gasteiger partial charge in [-0.25, -0.2) is 0 Å². The molecule has 3 aromatic carbocycles. The first-order valence-electron chi connectivity index (χ1n) is 9.75. The summed E-state index contributed by atoms with van der Waals surface area (Å²) in [5.74, 6) is -0.404. The quantitative estimate of drug-likeness (QED) is 0.413. The van der Waals surface area contributed by atoms with Crippen LogP contribution in [0, 0.1) is 6.92 Å². The molecule has 31 heavy (non-hydrogen) atoms. The van der Waals surface area contributed by atoms with Gasteiger partial charge in [-0.2, -0.15) is 0 Å². The van der Waals surface area contributed by atoms with Gasteiger partial charge in [-0.05, 0) is 60.3 Å². The Morgan fingerprint density at radius 1 is 0.903 bits per heavy atom. The second kappa shape index (κ2) is 8.58. The van der Waals surface area contributed by atoms with Crippen molar-refractivity contribution in [3.8, 4) is 11.3 Å². The number of nitrogens with zero attached hydrogens (tertiary/aromatic N) is 1. The summed E-state index contributed by atoms with van der Waals surface area (Å²) in [6, 6.07) is 20.4. The number of hydrogen-bond donors (Lipinski definition) is 2. The summed E-state index contributed by atoms with van der Waals surface area (Å²) in [6.07, 6.45) is 1.75. The highest BCUT2D eigenvalue weighted by atomic mass is 35.5. The fourth-order valence-electron chi connectivity index (χ4n) is 3.52. The predicted octanol–water partition coefficient (Wildman–Crippen LogP) is 6.07. The molecule has 1 aromatic heterocycles. The van der Waals surface area contributed by atoms with Crippen LogP contribution >= 0.6 is 11.6 Å². The third kappa shape index (κ3) is 4.42. The molecular weight excluding hydrogens is 410 g/mol. The van der Waals surface area contributed by atoms with Crippen molar-refractivity contribution in [3.05, 3.63) is 89.1 Å². The highest BCUT2D eigenvalue weighted by molar-refractivity contribution is 6.33. The lowest BCUT2D eigenvalue weighted by Gasteiger charge is -2.12. The van der Waals surface area contributed by atoms with E-state index in [1.54, 1.807) is 36.5 Å². The lowest BCUT2D eigenvalue weighted by Crippen LogP contribution is -2.14. The minimum Gasteiger partial charge on any atom is -0.326 e. The highest BCUT2D eigenvalue weighted by Crippen LogP contribution is 2.34. The highest BCUT2D eigenvalue weighted by Gasteiger charge is 2.14.